The van der Waals surface area contributed by atoms with Crippen molar-refractivity contribution in [2.45, 2.75) is 49.6 Å². The van der Waals surface area contributed by atoms with Crippen molar-refractivity contribution in [3.05, 3.63) is 95.2 Å². The van der Waals surface area contributed by atoms with Crippen LogP contribution in [0.1, 0.15) is 48.0 Å². The van der Waals surface area contributed by atoms with E-state index in [0.29, 0.717) is 22.1 Å². The minimum absolute atomic E-state index is 0.0412. The maximum atomic E-state index is 13.3. The molecule has 3 aromatic rings. The van der Waals surface area contributed by atoms with Crippen molar-refractivity contribution >= 4 is 27.1 Å². The maximum absolute atomic E-state index is 13.3. The molecule has 2 aliphatic rings. The maximum Gasteiger partial charge on any atom is 0.258 e. The predicted octanol–water partition coefficient (Wildman–Crippen LogP) is 3.98. The molecule has 5 rings (SSSR count). The number of para-hydroxylation sites is 1. The van der Waals surface area contributed by atoms with E-state index in [9.17, 15) is 18.4 Å². The van der Waals surface area contributed by atoms with Crippen molar-refractivity contribution in [1.29, 1.82) is 0 Å². The van der Waals surface area contributed by atoms with Crippen molar-refractivity contribution in [2.24, 2.45) is 5.92 Å². The normalized spacial score (nSPS) is 16.7. The van der Waals surface area contributed by atoms with Gasteiger partial charge in [0.15, 0.2) is 9.84 Å². The van der Waals surface area contributed by atoms with Gasteiger partial charge in [0.2, 0.25) is 0 Å². The van der Waals surface area contributed by atoms with E-state index >= 15 is 0 Å². The molecule has 2 saturated carbocycles. The van der Waals surface area contributed by atoms with Gasteiger partial charge in [-0.1, -0.05) is 30.3 Å². The number of hydrogen-bond acceptors (Lipinski definition) is 5. The number of amides is 1. The van der Waals surface area contributed by atoms with E-state index in [2.05, 4.69) is 5.43 Å². The smallest absolute Gasteiger partial charge is 0.258 e. The fourth-order valence-corrected chi connectivity index (χ4v) is 6.16. The van der Waals surface area contributed by atoms with E-state index in [1.807, 2.05) is 35.2 Å². The Morgan fingerprint density at radius 3 is 2.17 bits per heavy atom. The van der Waals surface area contributed by atoms with Gasteiger partial charge in [0, 0.05) is 22.9 Å². The first-order valence-electron chi connectivity index (χ1n) is 12.5. The summed E-state index contributed by atoms with van der Waals surface area (Å²) in [5.41, 5.74) is 5.68. The second kappa shape index (κ2) is 10.4. The molecule has 0 spiro atoms. The molecule has 1 amide bonds. The monoisotopic (exact) mass is 505 g/mol. The van der Waals surface area contributed by atoms with Crippen LogP contribution < -0.4 is 15.5 Å². The minimum atomic E-state index is -3.26. The molecule has 188 valence electrons. The van der Waals surface area contributed by atoms with E-state index in [-0.39, 0.29) is 29.4 Å². The molecule has 36 heavy (non-hydrogen) atoms. The van der Waals surface area contributed by atoms with Gasteiger partial charge in [-0.2, -0.15) is 0 Å². The summed E-state index contributed by atoms with van der Waals surface area (Å²) >= 11 is 0. The number of rotatable bonds is 10. The number of anilines is 2. The van der Waals surface area contributed by atoms with Gasteiger partial charge in [-0.15, -0.1) is 0 Å². The second-order valence-corrected chi connectivity index (χ2v) is 11.8. The molecule has 0 heterocycles. The van der Waals surface area contributed by atoms with E-state index in [4.69, 9.17) is 0 Å². The summed E-state index contributed by atoms with van der Waals surface area (Å²) in [5.74, 6) is 0.456. The molecule has 8 heteroatoms. The van der Waals surface area contributed by atoms with Crippen LogP contribution >= 0.6 is 0 Å². The lowest BCUT2D eigenvalue weighted by molar-refractivity contribution is -0.838. The molecule has 1 unspecified atom stereocenters. The van der Waals surface area contributed by atoms with Crippen LogP contribution in [0.2, 0.25) is 0 Å². The summed E-state index contributed by atoms with van der Waals surface area (Å²) in [6, 6.07) is 23.5. The third-order valence-corrected chi connectivity index (χ3v) is 8.81. The summed E-state index contributed by atoms with van der Waals surface area (Å²) < 4.78 is 24.8. The van der Waals surface area contributed by atoms with Gasteiger partial charge in [-0.25, -0.2) is 13.8 Å². The standard InChI is InChI=1S/C28H31N3O4S/c32-28(31(26-7-4-8-26)25-5-2-1-3-6-25)23-13-15-24(16-14-23)29-30(33)19-21-11-17-27(18-12-21)36(34,35)20-22-9-10-22/h1-3,5-6,11-18,22,26,29-30H,4,7-10,19-20H2. The SMILES string of the molecule is O=C(c1ccc(N[NH+]([O-])Cc2ccc(S(=O)(=O)CC3CC3)cc2)cc1)N(c1ccccc1)C1CCC1. The molecule has 7 nitrogen and oxygen atoms in total. The first-order chi connectivity index (χ1) is 17.4. The van der Waals surface area contributed by atoms with Gasteiger partial charge in [-0.3, -0.25) is 9.97 Å². The fourth-order valence-electron chi connectivity index (χ4n) is 4.46. The Balaban J connectivity index is 1.20. The van der Waals surface area contributed by atoms with Crippen molar-refractivity contribution in [3.8, 4) is 0 Å². The predicted molar refractivity (Wildman–Crippen MR) is 140 cm³/mol. The van der Waals surface area contributed by atoms with Crippen molar-refractivity contribution in [3.63, 3.8) is 0 Å². The minimum Gasteiger partial charge on any atom is -0.608 e. The van der Waals surface area contributed by atoms with Gasteiger partial charge in [0.05, 0.1) is 16.3 Å². The summed E-state index contributed by atoms with van der Waals surface area (Å²) in [6.07, 6.45) is 5.10. The van der Waals surface area contributed by atoms with Crippen LogP contribution in [0.4, 0.5) is 11.4 Å². The Bertz CT molecular complexity index is 1290. The molecular weight excluding hydrogens is 474 g/mol. The highest BCUT2D eigenvalue weighted by molar-refractivity contribution is 7.91. The molecule has 0 bridgehead atoms. The van der Waals surface area contributed by atoms with Crippen LogP contribution in [0.25, 0.3) is 0 Å². The number of quaternary nitrogens is 1. The Labute approximate surface area is 212 Å². The molecular formula is C28H31N3O4S. The lowest BCUT2D eigenvalue weighted by atomic mass is 9.90. The van der Waals surface area contributed by atoms with E-state index in [1.165, 1.54) is 0 Å². The Hall–Kier alpha value is -3.20. The first kappa shape index (κ1) is 24.5. The van der Waals surface area contributed by atoms with Gasteiger partial charge in [0.25, 0.3) is 5.91 Å². The quantitative estimate of drug-likeness (QED) is 0.407. The first-order valence-corrected chi connectivity index (χ1v) is 14.1. The van der Waals surface area contributed by atoms with E-state index in [0.717, 1.165) is 43.4 Å². The molecule has 0 aromatic heterocycles. The number of benzene rings is 3. The highest BCUT2D eigenvalue weighted by Gasteiger charge is 2.31. The highest BCUT2D eigenvalue weighted by Crippen LogP contribution is 2.32. The zero-order valence-electron chi connectivity index (χ0n) is 20.1. The van der Waals surface area contributed by atoms with E-state index in [1.54, 1.807) is 48.5 Å². The van der Waals surface area contributed by atoms with Gasteiger partial charge >= 0.3 is 0 Å². The number of hydrogen-bond donors (Lipinski definition) is 2. The molecule has 0 radical (unpaired) electrons. The third kappa shape index (κ3) is 5.78. The number of nitrogens with zero attached hydrogens (tertiary/aromatic N) is 1. The van der Waals surface area contributed by atoms with Crippen LogP contribution in [0, 0.1) is 11.1 Å². The number of sulfone groups is 1. The molecule has 1 atom stereocenters. The van der Waals surface area contributed by atoms with Crippen LogP contribution in [0.3, 0.4) is 0 Å². The van der Waals surface area contributed by atoms with Crippen molar-refractivity contribution in [2.75, 3.05) is 16.1 Å². The molecule has 0 aliphatic heterocycles. The second-order valence-electron chi connectivity index (χ2n) is 9.77. The van der Waals surface area contributed by atoms with Crippen LogP contribution in [0.15, 0.2) is 83.8 Å². The van der Waals surface area contributed by atoms with Gasteiger partial charge in [0.1, 0.15) is 6.54 Å². The molecule has 3 aromatic carbocycles. The average Bonchev–Trinajstić information content (AvgIpc) is 3.65. The van der Waals surface area contributed by atoms with Gasteiger partial charge in [-0.05, 0) is 86.6 Å². The number of hydroxylamine groups is 1. The number of nitrogens with one attached hydrogen (secondary N) is 2. The van der Waals surface area contributed by atoms with Crippen LogP contribution in [-0.4, -0.2) is 26.1 Å². The molecule has 2 N–H and O–H groups in total. The molecule has 0 saturated heterocycles. The van der Waals surface area contributed by atoms with Crippen molar-refractivity contribution < 1.29 is 18.4 Å². The van der Waals surface area contributed by atoms with Crippen LogP contribution in [0.5, 0.6) is 0 Å². The van der Waals surface area contributed by atoms with Gasteiger partial charge < -0.3 is 10.1 Å². The fraction of sp³-hybridized carbons (Fsp3) is 0.321. The molecule has 2 fully saturated rings. The van der Waals surface area contributed by atoms with E-state index < -0.39 is 9.84 Å². The van der Waals surface area contributed by atoms with Crippen LogP contribution in [-0.2, 0) is 16.4 Å². The highest BCUT2D eigenvalue weighted by atomic mass is 32.2. The summed E-state index contributed by atoms with van der Waals surface area (Å²) in [4.78, 5) is 15.5. The Morgan fingerprint density at radius 2 is 1.58 bits per heavy atom. The lowest BCUT2D eigenvalue weighted by Crippen LogP contribution is -3.09. The molecule has 2 aliphatic carbocycles. The average molecular weight is 506 g/mol. The summed E-state index contributed by atoms with van der Waals surface area (Å²) in [5, 5.41) is 12.4. The van der Waals surface area contributed by atoms with Crippen molar-refractivity contribution in [1.82, 2.24) is 0 Å². The topological polar surface area (TPSA) is 94.0 Å². The number of carbonyl (C=O) groups excluding carboxylic acids is 1. The Morgan fingerprint density at radius 1 is 0.917 bits per heavy atom. The lowest BCUT2D eigenvalue weighted by Gasteiger charge is -2.37. The largest absolute Gasteiger partial charge is 0.608 e. The summed E-state index contributed by atoms with van der Waals surface area (Å²) in [6.45, 7) is 0.132. The Kier molecular flexibility index (Phi) is 7.09. The zero-order valence-corrected chi connectivity index (χ0v) is 20.9. The summed E-state index contributed by atoms with van der Waals surface area (Å²) in [7, 11) is -3.26. The number of carbonyl (C=O) groups is 1. The third-order valence-electron chi connectivity index (χ3n) is 6.91. The zero-order chi connectivity index (χ0) is 25.1.